The smallest absolute Gasteiger partial charge is 0.282 e. The van der Waals surface area contributed by atoms with Gasteiger partial charge < -0.3 is 19.5 Å². The van der Waals surface area contributed by atoms with Crippen molar-refractivity contribution in [2.75, 3.05) is 11.9 Å². The number of amides is 1. The number of benzene rings is 2. The fraction of sp³-hybridized carbons (Fsp3) is 0.320. The Hall–Kier alpha value is -3.05. The summed E-state index contributed by atoms with van der Waals surface area (Å²) in [5.41, 5.74) is 3.24. The molecule has 2 aromatic carbocycles. The van der Waals surface area contributed by atoms with E-state index < -0.39 is 0 Å². The molecule has 1 amide bonds. The van der Waals surface area contributed by atoms with Gasteiger partial charge >= 0.3 is 0 Å². The van der Waals surface area contributed by atoms with E-state index in [1.165, 1.54) is 10.6 Å². The van der Waals surface area contributed by atoms with Gasteiger partial charge in [-0.2, -0.15) is 0 Å². The summed E-state index contributed by atoms with van der Waals surface area (Å²) in [5.74, 6) is 0.850. The Kier molecular flexibility index (Phi) is 6.19. The van der Waals surface area contributed by atoms with Gasteiger partial charge in [-0.25, -0.2) is 0 Å². The molecule has 1 aliphatic heterocycles. The van der Waals surface area contributed by atoms with E-state index in [1.54, 1.807) is 0 Å². The van der Waals surface area contributed by atoms with Gasteiger partial charge in [0.15, 0.2) is 6.04 Å². The lowest BCUT2D eigenvalue weighted by molar-refractivity contribution is -0.932. The van der Waals surface area contributed by atoms with E-state index >= 15 is 0 Å². The number of nitrogens with zero attached hydrogens (tertiary/aromatic N) is 1. The molecule has 0 aliphatic carbocycles. The van der Waals surface area contributed by atoms with E-state index in [-0.39, 0.29) is 11.9 Å². The largest absolute Gasteiger partial charge is 0.489 e. The van der Waals surface area contributed by atoms with Crippen molar-refractivity contribution in [2.24, 2.45) is 7.05 Å². The standard InChI is InChI=1S/C25H29N3O2/c1-19(28-17-7-11-24(28)23-10-6-16-27(23)2)25(29)26-21-12-14-22(15-13-21)30-18-20-8-4-3-5-9-20/h3-6,8-10,12-16,19,24H,7,11,17-18H2,1-2H3,(H,26,29)/p+1/t19-,24-/m1/s1. The van der Waals surface area contributed by atoms with Crippen LogP contribution in [0.2, 0.25) is 0 Å². The molecular formula is C25H30N3O2+. The second-order valence-corrected chi connectivity index (χ2v) is 8.07. The number of carbonyl (C=O) groups excluding carboxylic acids is 1. The molecule has 1 aliphatic rings. The predicted molar refractivity (Wildman–Crippen MR) is 119 cm³/mol. The highest BCUT2D eigenvalue weighted by Crippen LogP contribution is 2.21. The van der Waals surface area contributed by atoms with E-state index in [2.05, 4.69) is 35.3 Å². The maximum atomic E-state index is 12.9. The lowest BCUT2D eigenvalue weighted by Crippen LogP contribution is -3.15. The summed E-state index contributed by atoms with van der Waals surface area (Å²) >= 11 is 0. The van der Waals surface area contributed by atoms with Crippen LogP contribution in [0.4, 0.5) is 5.69 Å². The molecule has 4 rings (SSSR count). The molecule has 1 unspecified atom stereocenters. The fourth-order valence-electron chi connectivity index (χ4n) is 4.36. The Labute approximate surface area is 178 Å². The first kappa shape index (κ1) is 20.2. The Morgan fingerprint density at radius 2 is 1.90 bits per heavy atom. The first-order valence-electron chi connectivity index (χ1n) is 10.7. The van der Waals surface area contributed by atoms with Gasteiger partial charge in [0.25, 0.3) is 5.91 Å². The van der Waals surface area contributed by atoms with Crippen LogP contribution >= 0.6 is 0 Å². The number of aromatic nitrogens is 1. The van der Waals surface area contributed by atoms with Crippen molar-refractivity contribution in [2.45, 2.75) is 38.5 Å². The van der Waals surface area contributed by atoms with E-state index in [9.17, 15) is 4.79 Å². The molecule has 1 fully saturated rings. The van der Waals surface area contributed by atoms with Crippen molar-refractivity contribution < 1.29 is 14.4 Å². The Balaban J connectivity index is 1.34. The minimum atomic E-state index is -0.110. The summed E-state index contributed by atoms with van der Waals surface area (Å²) in [5, 5.41) is 3.08. The molecular weight excluding hydrogens is 374 g/mol. The Bertz CT molecular complexity index is 966. The van der Waals surface area contributed by atoms with Crippen LogP contribution < -0.4 is 15.0 Å². The van der Waals surface area contributed by atoms with E-state index in [1.807, 2.05) is 61.5 Å². The SMILES string of the molecule is C[C@H](C(=O)Nc1ccc(OCc2ccccc2)cc1)[NH+]1CCC[C@@H]1c1cccn1C. The summed E-state index contributed by atoms with van der Waals surface area (Å²) < 4.78 is 8.00. The maximum absolute atomic E-state index is 12.9. The molecule has 0 radical (unpaired) electrons. The Morgan fingerprint density at radius 1 is 1.13 bits per heavy atom. The predicted octanol–water partition coefficient (Wildman–Crippen LogP) is 3.35. The van der Waals surface area contributed by atoms with Crippen LogP contribution in [0.25, 0.3) is 0 Å². The first-order valence-corrected chi connectivity index (χ1v) is 10.7. The zero-order chi connectivity index (χ0) is 20.9. The van der Waals surface area contributed by atoms with Gasteiger partial charge in [-0.1, -0.05) is 30.3 Å². The average Bonchev–Trinajstić information content (AvgIpc) is 3.42. The highest BCUT2D eigenvalue weighted by Gasteiger charge is 2.38. The van der Waals surface area contributed by atoms with Gasteiger partial charge in [-0.15, -0.1) is 0 Å². The lowest BCUT2D eigenvalue weighted by Gasteiger charge is -2.27. The zero-order valence-electron chi connectivity index (χ0n) is 17.7. The number of anilines is 1. The summed E-state index contributed by atoms with van der Waals surface area (Å²) in [7, 11) is 2.08. The number of carbonyl (C=O) groups is 1. The molecule has 0 bridgehead atoms. The van der Waals surface area contributed by atoms with Gasteiger partial charge in [-0.05, 0) is 48.9 Å². The molecule has 1 aromatic heterocycles. The van der Waals surface area contributed by atoms with Crippen LogP contribution in [0, 0.1) is 0 Å². The number of hydrogen-bond acceptors (Lipinski definition) is 2. The van der Waals surface area contributed by atoms with Crippen LogP contribution in [0.15, 0.2) is 72.9 Å². The minimum Gasteiger partial charge on any atom is -0.489 e. The molecule has 5 heteroatoms. The molecule has 0 spiro atoms. The van der Waals surface area contributed by atoms with Crippen LogP contribution in [-0.2, 0) is 18.4 Å². The van der Waals surface area contributed by atoms with Crippen molar-refractivity contribution in [3.63, 3.8) is 0 Å². The summed E-state index contributed by atoms with van der Waals surface area (Å²) in [6.45, 7) is 3.59. The van der Waals surface area contributed by atoms with Crippen molar-refractivity contribution in [1.29, 1.82) is 0 Å². The normalized spacial score (nSPS) is 19.4. The van der Waals surface area contributed by atoms with Crippen LogP contribution in [0.5, 0.6) is 5.75 Å². The maximum Gasteiger partial charge on any atom is 0.282 e. The van der Waals surface area contributed by atoms with Crippen molar-refractivity contribution in [1.82, 2.24) is 4.57 Å². The van der Waals surface area contributed by atoms with E-state index in [0.29, 0.717) is 12.6 Å². The third-order valence-electron chi connectivity index (χ3n) is 6.07. The summed E-state index contributed by atoms with van der Waals surface area (Å²) in [6.07, 6.45) is 4.35. The van der Waals surface area contributed by atoms with E-state index in [4.69, 9.17) is 4.74 Å². The van der Waals surface area contributed by atoms with Gasteiger partial charge in [0.05, 0.1) is 12.2 Å². The number of hydrogen-bond donors (Lipinski definition) is 2. The number of rotatable bonds is 7. The number of ether oxygens (including phenoxy) is 1. The third kappa shape index (κ3) is 4.57. The fourth-order valence-corrected chi connectivity index (χ4v) is 4.36. The molecule has 5 nitrogen and oxygen atoms in total. The van der Waals surface area contributed by atoms with Gasteiger partial charge in [0.1, 0.15) is 18.4 Å². The molecule has 1 saturated heterocycles. The molecule has 2 heterocycles. The topological polar surface area (TPSA) is 47.7 Å². The first-order chi connectivity index (χ1) is 14.6. The molecule has 30 heavy (non-hydrogen) atoms. The highest BCUT2D eigenvalue weighted by atomic mass is 16.5. The quantitative estimate of drug-likeness (QED) is 0.634. The molecule has 156 valence electrons. The lowest BCUT2D eigenvalue weighted by atomic mass is 10.1. The van der Waals surface area contributed by atoms with Crippen LogP contribution in [-0.4, -0.2) is 23.1 Å². The minimum absolute atomic E-state index is 0.0593. The highest BCUT2D eigenvalue weighted by molar-refractivity contribution is 5.93. The number of nitrogens with one attached hydrogen (secondary N) is 2. The Morgan fingerprint density at radius 3 is 2.60 bits per heavy atom. The zero-order valence-corrected chi connectivity index (χ0v) is 17.7. The second-order valence-electron chi connectivity index (χ2n) is 8.07. The van der Waals surface area contributed by atoms with Crippen molar-refractivity contribution in [3.05, 3.63) is 84.2 Å². The number of likely N-dealkylation sites (tertiary alicyclic amines) is 1. The van der Waals surface area contributed by atoms with Gasteiger partial charge in [0, 0.05) is 31.8 Å². The van der Waals surface area contributed by atoms with E-state index in [0.717, 1.165) is 36.4 Å². The van der Waals surface area contributed by atoms with Gasteiger partial charge in [-0.3, -0.25) is 4.79 Å². The summed E-state index contributed by atoms with van der Waals surface area (Å²) in [6, 6.07) is 22.2. The van der Waals surface area contributed by atoms with Crippen molar-refractivity contribution >= 4 is 11.6 Å². The monoisotopic (exact) mass is 404 g/mol. The third-order valence-corrected chi connectivity index (χ3v) is 6.07. The van der Waals surface area contributed by atoms with Crippen LogP contribution in [0.3, 0.4) is 0 Å². The number of quaternary nitrogens is 1. The van der Waals surface area contributed by atoms with Gasteiger partial charge in [0.2, 0.25) is 0 Å². The second kappa shape index (κ2) is 9.18. The average molecular weight is 405 g/mol. The summed E-state index contributed by atoms with van der Waals surface area (Å²) in [4.78, 5) is 14.3. The van der Waals surface area contributed by atoms with Crippen LogP contribution in [0.1, 0.15) is 37.1 Å². The molecule has 3 atom stereocenters. The molecule has 2 N–H and O–H groups in total. The molecule has 3 aromatic rings. The van der Waals surface area contributed by atoms with Crippen molar-refractivity contribution in [3.8, 4) is 5.75 Å². The molecule has 0 saturated carbocycles. The number of aryl methyl sites for hydroxylation is 1.